The lowest BCUT2D eigenvalue weighted by molar-refractivity contribution is -0.126. The zero-order chi connectivity index (χ0) is 21.9. The molecule has 8 N–H and O–H groups in total. The summed E-state index contributed by atoms with van der Waals surface area (Å²) in [5.41, 5.74) is 3.12. The number of phenols is 1. The van der Waals surface area contributed by atoms with Crippen molar-refractivity contribution in [2.24, 2.45) is 11.8 Å². The number of rotatable bonds is 12. The second-order valence-electron chi connectivity index (χ2n) is 7.56. The van der Waals surface area contributed by atoms with Gasteiger partial charge in [0.25, 0.3) is 0 Å². The molecule has 30 heavy (non-hydrogen) atoms. The molecule has 0 radical (unpaired) electrons. The van der Waals surface area contributed by atoms with Crippen molar-refractivity contribution in [1.82, 2.24) is 21.4 Å². The van der Waals surface area contributed by atoms with Gasteiger partial charge in [0.15, 0.2) is 0 Å². The fourth-order valence-electron chi connectivity index (χ4n) is 3.43. The van der Waals surface area contributed by atoms with Crippen LogP contribution in [-0.2, 0) is 16.0 Å². The molecule has 1 heterocycles. The van der Waals surface area contributed by atoms with Gasteiger partial charge in [0, 0.05) is 17.7 Å². The lowest BCUT2D eigenvalue weighted by Gasteiger charge is -2.24. The predicted molar refractivity (Wildman–Crippen MR) is 117 cm³/mol. The van der Waals surface area contributed by atoms with Crippen molar-refractivity contribution in [3.63, 3.8) is 0 Å². The number of hydrazine groups is 1. The molecular weight excluding hydrogens is 406 g/mol. The molecule has 1 fully saturated rings. The second kappa shape index (κ2) is 12.8. The zero-order valence-electron chi connectivity index (χ0n) is 17.3. The Morgan fingerprint density at radius 3 is 2.73 bits per heavy atom. The molecule has 0 spiro atoms. The van der Waals surface area contributed by atoms with Gasteiger partial charge in [-0.05, 0) is 49.9 Å². The number of carbonyl (C=O) groups is 2. The molecule has 4 atom stereocenters. The van der Waals surface area contributed by atoms with Gasteiger partial charge in [-0.15, -0.1) is 11.8 Å². The predicted octanol–water partition coefficient (Wildman–Crippen LogP) is -0.214. The van der Waals surface area contributed by atoms with Crippen LogP contribution >= 0.6 is 11.8 Å². The molecule has 2 rings (SSSR count). The Morgan fingerprint density at radius 1 is 1.33 bits per heavy atom. The molecule has 1 aliphatic heterocycles. The summed E-state index contributed by atoms with van der Waals surface area (Å²) in [6.45, 7) is 2.49. The highest BCUT2D eigenvalue weighted by Gasteiger charge is 2.31. The molecular formula is C20H33N5O4S. The molecule has 0 saturated carbocycles. The molecule has 2 unspecified atom stereocenters. The lowest BCUT2D eigenvalue weighted by atomic mass is 9.95. The smallest absolute Gasteiger partial charge is 0.238 e. The average Bonchev–Trinajstić information content (AvgIpc) is 3.21. The summed E-state index contributed by atoms with van der Waals surface area (Å²) in [6.07, 6.45) is 2.82. The van der Waals surface area contributed by atoms with E-state index in [-0.39, 0.29) is 47.7 Å². The van der Waals surface area contributed by atoms with E-state index in [9.17, 15) is 14.7 Å². The fraction of sp³-hybridized carbons (Fsp3) is 0.600. The Morgan fingerprint density at radius 2 is 2.07 bits per heavy atom. The molecule has 1 aliphatic rings. The third-order valence-electron chi connectivity index (χ3n) is 5.09. The minimum absolute atomic E-state index is 0.0285. The number of aliphatic hydroxyl groups excluding tert-OH is 1. The lowest BCUT2D eigenvalue weighted by Crippen LogP contribution is -2.49. The number of hydrogen-bond acceptors (Lipinski definition) is 8. The molecule has 0 bridgehead atoms. The van der Waals surface area contributed by atoms with Crippen molar-refractivity contribution in [2.75, 3.05) is 19.0 Å². The first kappa shape index (κ1) is 24.4. The fourth-order valence-corrected chi connectivity index (χ4v) is 4.70. The van der Waals surface area contributed by atoms with Crippen LogP contribution in [0.4, 0.5) is 0 Å². The maximum absolute atomic E-state index is 12.8. The minimum Gasteiger partial charge on any atom is -0.508 e. The number of thioether (sulfide) groups is 1. The van der Waals surface area contributed by atoms with Crippen molar-refractivity contribution in [2.45, 2.75) is 50.1 Å². The van der Waals surface area contributed by atoms with Crippen molar-refractivity contribution in [1.29, 1.82) is 0 Å². The Balaban J connectivity index is 1.92. The molecule has 1 aromatic rings. The second-order valence-corrected chi connectivity index (χ2v) is 8.80. The van der Waals surface area contributed by atoms with Gasteiger partial charge in [0.1, 0.15) is 5.75 Å². The summed E-state index contributed by atoms with van der Waals surface area (Å²) < 4.78 is 0. The molecule has 2 amide bonds. The van der Waals surface area contributed by atoms with Gasteiger partial charge in [0.05, 0.1) is 18.1 Å². The number of hydrogen-bond donors (Lipinski definition) is 7. The van der Waals surface area contributed by atoms with E-state index in [4.69, 9.17) is 10.9 Å². The molecule has 0 aromatic heterocycles. The largest absolute Gasteiger partial charge is 0.508 e. The maximum Gasteiger partial charge on any atom is 0.238 e. The first-order valence-electron chi connectivity index (χ1n) is 10.2. The van der Waals surface area contributed by atoms with Gasteiger partial charge >= 0.3 is 0 Å². The van der Waals surface area contributed by atoms with Crippen molar-refractivity contribution in [3.8, 4) is 5.75 Å². The van der Waals surface area contributed by atoms with Crippen LogP contribution < -0.4 is 27.2 Å². The van der Waals surface area contributed by atoms with Gasteiger partial charge in [-0.1, -0.05) is 19.1 Å². The molecule has 1 aromatic carbocycles. The molecule has 0 aliphatic carbocycles. The average molecular weight is 440 g/mol. The van der Waals surface area contributed by atoms with E-state index in [1.807, 2.05) is 12.1 Å². The number of carbonyl (C=O) groups excluding carboxylic acids is 2. The summed E-state index contributed by atoms with van der Waals surface area (Å²) in [5, 5.41) is 27.8. The van der Waals surface area contributed by atoms with E-state index < -0.39 is 0 Å². The van der Waals surface area contributed by atoms with Crippen LogP contribution in [0.3, 0.4) is 0 Å². The van der Waals surface area contributed by atoms with Crippen LogP contribution in [0.5, 0.6) is 5.75 Å². The van der Waals surface area contributed by atoms with Crippen LogP contribution in [0.1, 0.15) is 31.7 Å². The molecule has 168 valence electrons. The molecule has 9 nitrogen and oxygen atoms in total. The van der Waals surface area contributed by atoms with Crippen molar-refractivity contribution in [3.05, 3.63) is 29.8 Å². The summed E-state index contributed by atoms with van der Waals surface area (Å²) in [6, 6.07) is 6.30. The summed E-state index contributed by atoms with van der Waals surface area (Å²) in [5.74, 6) is 5.41. The van der Waals surface area contributed by atoms with E-state index in [0.29, 0.717) is 18.6 Å². The number of nitrogens with two attached hydrogens (primary N) is 1. The number of nitrogens with one attached hydrogen (secondary N) is 4. The summed E-state index contributed by atoms with van der Waals surface area (Å²) >= 11 is 1.72. The van der Waals surface area contributed by atoms with Crippen LogP contribution in [-0.4, -0.2) is 58.5 Å². The van der Waals surface area contributed by atoms with Crippen LogP contribution in [0.25, 0.3) is 0 Å². The van der Waals surface area contributed by atoms with E-state index in [2.05, 4.69) is 21.4 Å². The van der Waals surface area contributed by atoms with Gasteiger partial charge in [0.2, 0.25) is 11.8 Å². The minimum atomic E-state index is -0.352. The van der Waals surface area contributed by atoms with E-state index in [1.165, 1.54) is 0 Å². The highest BCUT2D eigenvalue weighted by Crippen LogP contribution is 2.23. The van der Waals surface area contributed by atoms with Crippen molar-refractivity contribution >= 4 is 23.6 Å². The third-order valence-corrected chi connectivity index (χ3v) is 6.39. The Labute approximate surface area is 181 Å². The number of aliphatic hydroxyl groups is 1. The number of amides is 2. The van der Waals surface area contributed by atoms with E-state index >= 15 is 0 Å². The van der Waals surface area contributed by atoms with Crippen LogP contribution in [0.15, 0.2) is 24.3 Å². The highest BCUT2D eigenvalue weighted by molar-refractivity contribution is 8.00. The topological polar surface area (TPSA) is 149 Å². The van der Waals surface area contributed by atoms with E-state index in [0.717, 1.165) is 24.9 Å². The van der Waals surface area contributed by atoms with Gasteiger partial charge in [-0.25, -0.2) is 5.84 Å². The standard InChI is InChI=1S/C20H33N5O4S/c1-13(19(28)25-21)9-15(10-14-4-6-16(27)7-5-14)23-20(29)17-11-30-18(24-17)3-2-8-22-12-26/h4-7,13,15,17-18,22,24,26-27H,2-3,8-12,21H2,1H3,(H,23,29)(H,25,28)/t13-,15+,17?,18?/m0/s1. The highest BCUT2D eigenvalue weighted by atomic mass is 32.2. The van der Waals surface area contributed by atoms with Crippen LogP contribution in [0.2, 0.25) is 0 Å². The number of phenolic OH excluding ortho intramolecular Hbond substituents is 1. The molecule has 1 saturated heterocycles. The normalized spacial score (nSPS) is 20.5. The Bertz CT molecular complexity index is 676. The summed E-state index contributed by atoms with van der Waals surface area (Å²) in [4.78, 5) is 24.7. The van der Waals surface area contributed by atoms with Gasteiger partial charge in [-0.2, -0.15) is 0 Å². The maximum atomic E-state index is 12.8. The summed E-state index contributed by atoms with van der Waals surface area (Å²) in [7, 11) is 0. The third kappa shape index (κ3) is 8.11. The monoisotopic (exact) mass is 439 g/mol. The Kier molecular flexibility index (Phi) is 10.4. The van der Waals surface area contributed by atoms with E-state index in [1.54, 1.807) is 30.8 Å². The Hall–Kier alpha value is -1.85. The van der Waals surface area contributed by atoms with Crippen LogP contribution in [0, 0.1) is 5.92 Å². The van der Waals surface area contributed by atoms with Gasteiger partial charge in [-0.3, -0.25) is 25.6 Å². The number of benzene rings is 1. The zero-order valence-corrected chi connectivity index (χ0v) is 18.1. The first-order chi connectivity index (χ1) is 14.4. The van der Waals surface area contributed by atoms with Gasteiger partial charge < -0.3 is 15.5 Å². The molecule has 10 heteroatoms. The number of aromatic hydroxyl groups is 1. The SMILES string of the molecule is C[C@@H](C[C@H](Cc1ccc(O)cc1)NC(=O)C1CSC(CCCNCO)N1)C(=O)NN. The van der Waals surface area contributed by atoms with Crippen molar-refractivity contribution < 1.29 is 19.8 Å². The quantitative estimate of drug-likeness (QED) is 0.0777. The first-order valence-corrected chi connectivity index (χ1v) is 11.3.